The molecule has 0 saturated carbocycles. The molecule has 0 aliphatic carbocycles. The molecule has 0 aliphatic heterocycles. The maximum absolute atomic E-state index is 11.1. The third kappa shape index (κ3) is 2.00. The van der Waals surface area contributed by atoms with Crippen LogP contribution in [0.1, 0.15) is 10.4 Å². The van der Waals surface area contributed by atoms with Gasteiger partial charge in [-0.15, -0.1) is 0 Å². The summed E-state index contributed by atoms with van der Waals surface area (Å²) in [6.07, 6.45) is 2.58. The number of carbonyl (C=O) groups is 1. The zero-order chi connectivity index (χ0) is 13.2. The second-order valence-electron chi connectivity index (χ2n) is 4.20. The lowest BCUT2D eigenvalue weighted by Crippen LogP contribution is -1.89. The predicted octanol–water partition coefficient (Wildman–Crippen LogP) is 4.37. The first kappa shape index (κ1) is 11.9. The third-order valence-corrected chi connectivity index (χ3v) is 3.40. The van der Waals surface area contributed by atoms with E-state index in [1.54, 1.807) is 18.3 Å². The summed E-state index contributed by atoms with van der Waals surface area (Å²) in [7, 11) is 0. The van der Waals surface area contributed by atoms with Gasteiger partial charge in [-0.25, -0.2) is 0 Å². The van der Waals surface area contributed by atoms with E-state index >= 15 is 0 Å². The van der Waals surface area contributed by atoms with E-state index in [0.29, 0.717) is 10.6 Å². The van der Waals surface area contributed by atoms with Crippen molar-refractivity contribution < 1.29 is 4.79 Å². The maximum atomic E-state index is 11.1. The van der Waals surface area contributed by atoms with Gasteiger partial charge in [-0.05, 0) is 22.9 Å². The highest BCUT2D eigenvalue weighted by atomic mass is 35.5. The van der Waals surface area contributed by atoms with Crippen LogP contribution in [0.5, 0.6) is 0 Å². The monoisotopic (exact) mass is 267 g/mol. The van der Waals surface area contributed by atoms with E-state index in [9.17, 15) is 4.79 Å². The fraction of sp³-hybridized carbons (Fsp3) is 0. The Kier molecular flexibility index (Phi) is 3.02. The molecule has 19 heavy (non-hydrogen) atoms. The van der Waals surface area contributed by atoms with Gasteiger partial charge < -0.3 is 0 Å². The second-order valence-corrected chi connectivity index (χ2v) is 4.61. The van der Waals surface area contributed by atoms with Gasteiger partial charge in [-0.3, -0.25) is 9.78 Å². The smallest absolute Gasteiger partial charge is 0.150 e. The molecule has 0 spiro atoms. The molecule has 3 heteroatoms. The Morgan fingerprint density at radius 2 is 1.74 bits per heavy atom. The molecule has 2 nitrogen and oxygen atoms in total. The molecule has 0 bridgehead atoms. The Labute approximate surface area is 115 Å². The van der Waals surface area contributed by atoms with Crippen LogP contribution in [0.25, 0.3) is 22.0 Å². The number of hydrogen-bond acceptors (Lipinski definition) is 2. The Morgan fingerprint density at radius 1 is 0.947 bits per heavy atom. The molecule has 0 amide bonds. The molecular weight excluding hydrogens is 258 g/mol. The number of carbonyl (C=O) groups excluding carboxylic acids is 1. The number of rotatable bonds is 2. The SMILES string of the molecule is O=Cc1ccc(-c2ncccc2Cl)c2ccccc12. The molecular formula is C16H10ClNO. The van der Waals surface area contributed by atoms with Crippen molar-refractivity contribution in [2.45, 2.75) is 0 Å². The maximum Gasteiger partial charge on any atom is 0.150 e. The van der Waals surface area contributed by atoms with Crippen LogP contribution in [0, 0.1) is 0 Å². The van der Waals surface area contributed by atoms with E-state index in [2.05, 4.69) is 4.98 Å². The fourth-order valence-electron chi connectivity index (χ4n) is 2.22. The highest BCUT2D eigenvalue weighted by molar-refractivity contribution is 6.33. The molecule has 0 N–H and O–H groups in total. The number of pyridine rings is 1. The predicted molar refractivity (Wildman–Crippen MR) is 77.6 cm³/mol. The lowest BCUT2D eigenvalue weighted by molar-refractivity contribution is 0.112. The lowest BCUT2D eigenvalue weighted by Gasteiger charge is -2.09. The first-order valence-corrected chi connectivity index (χ1v) is 6.27. The van der Waals surface area contributed by atoms with Crippen molar-refractivity contribution in [1.82, 2.24) is 4.98 Å². The van der Waals surface area contributed by atoms with Crippen molar-refractivity contribution >= 4 is 28.7 Å². The first-order valence-electron chi connectivity index (χ1n) is 5.89. The summed E-state index contributed by atoms with van der Waals surface area (Å²) in [6, 6.07) is 15.1. The van der Waals surface area contributed by atoms with E-state index in [4.69, 9.17) is 11.6 Å². The highest BCUT2D eigenvalue weighted by Gasteiger charge is 2.10. The van der Waals surface area contributed by atoms with Gasteiger partial charge in [0.15, 0.2) is 6.29 Å². The van der Waals surface area contributed by atoms with Gasteiger partial charge in [-0.2, -0.15) is 0 Å². The van der Waals surface area contributed by atoms with Crippen LogP contribution in [0.3, 0.4) is 0 Å². The van der Waals surface area contributed by atoms with Crippen LogP contribution in [-0.4, -0.2) is 11.3 Å². The van der Waals surface area contributed by atoms with Crippen molar-refractivity contribution in [3.05, 3.63) is 65.3 Å². The average Bonchev–Trinajstić information content (AvgIpc) is 2.47. The lowest BCUT2D eigenvalue weighted by atomic mass is 9.98. The summed E-state index contributed by atoms with van der Waals surface area (Å²) >= 11 is 6.20. The summed E-state index contributed by atoms with van der Waals surface area (Å²) in [5.41, 5.74) is 2.34. The summed E-state index contributed by atoms with van der Waals surface area (Å²) in [4.78, 5) is 15.4. The van der Waals surface area contributed by atoms with Crippen LogP contribution in [0.2, 0.25) is 5.02 Å². The fourth-order valence-corrected chi connectivity index (χ4v) is 2.44. The van der Waals surface area contributed by atoms with E-state index in [0.717, 1.165) is 28.3 Å². The summed E-state index contributed by atoms with van der Waals surface area (Å²) in [6.45, 7) is 0. The van der Waals surface area contributed by atoms with Crippen LogP contribution in [0.15, 0.2) is 54.7 Å². The standard InChI is InChI=1S/C16H10ClNO/c17-15-6-3-9-18-16(15)14-8-7-11(10-19)12-4-1-2-5-13(12)14/h1-10H. The zero-order valence-corrected chi connectivity index (χ0v) is 10.8. The molecule has 0 atom stereocenters. The molecule has 0 radical (unpaired) electrons. The van der Waals surface area contributed by atoms with Crippen LogP contribution >= 0.6 is 11.6 Å². The summed E-state index contributed by atoms with van der Waals surface area (Å²) in [5, 5.41) is 2.50. The number of nitrogens with zero attached hydrogens (tertiary/aromatic N) is 1. The summed E-state index contributed by atoms with van der Waals surface area (Å²) < 4.78 is 0. The number of halogens is 1. The molecule has 1 aromatic heterocycles. The van der Waals surface area contributed by atoms with Gasteiger partial charge in [0.1, 0.15) is 0 Å². The summed E-state index contributed by atoms with van der Waals surface area (Å²) in [5.74, 6) is 0. The molecule has 3 aromatic rings. The van der Waals surface area contributed by atoms with E-state index in [1.165, 1.54) is 0 Å². The average molecular weight is 268 g/mol. The number of aldehydes is 1. The number of aromatic nitrogens is 1. The van der Waals surface area contributed by atoms with Gasteiger partial charge in [0, 0.05) is 17.3 Å². The van der Waals surface area contributed by atoms with Crippen LogP contribution in [-0.2, 0) is 0 Å². The van der Waals surface area contributed by atoms with E-state index < -0.39 is 0 Å². The normalized spacial score (nSPS) is 10.6. The Balaban J connectivity index is 2.38. The molecule has 2 aromatic carbocycles. The second kappa shape index (κ2) is 4.82. The minimum absolute atomic E-state index is 0.603. The molecule has 3 rings (SSSR count). The van der Waals surface area contributed by atoms with Gasteiger partial charge in [0.25, 0.3) is 0 Å². The van der Waals surface area contributed by atoms with Crippen molar-refractivity contribution in [1.29, 1.82) is 0 Å². The van der Waals surface area contributed by atoms with Crippen LogP contribution < -0.4 is 0 Å². The Bertz CT molecular complexity index is 768. The van der Waals surface area contributed by atoms with Gasteiger partial charge in [0.05, 0.1) is 10.7 Å². The zero-order valence-electron chi connectivity index (χ0n) is 10.0. The quantitative estimate of drug-likeness (QED) is 0.646. The first-order chi connectivity index (χ1) is 9.31. The third-order valence-electron chi connectivity index (χ3n) is 3.10. The largest absolute Gasteiger partial charge is 0.298 e. The molecule has 0 unspecified atom stereocenters. The van der Waals surface area contributed by atoms with Crippen molar-refractivity contribution in [3.8, 4) is 11.3 Å². The Morgan fingerprint density at radius 3 is 2.47 bits per heavy atom. The van der Waals surface area contributed by atoms with Gasteiger partial charge >= 0.3 is 0 Å². The van der Waals surface area contributed by atoms with E-state index in [1.807, 2.05) is 36.4 Å². The minimum Gasteiger partial charge on any atom is -0.298 e. The van der Waals surface area contributed by atoms with E-state index in [-0.39, 0.29) is 0 Å². The number of benzene rings is 2. The van der Waals surface area contributed by atoms with Gasteiger partial charge in [-0.1, -0.05) is 48.0 Å². The Hall–Kier alpha value is -2.19. The van der Waals surface area contributed by atoms with Gasteiger partial charge in [0.2, 0.25) is 0 Å². The van der Waals surface area contributed by atoms with Crippen molar-refractivity contribution in [2.75, 3.05) is 0 Å². The molecule has 0 saturated heterocycles. The highest BCUT2D eigenvalue weighted by Crippen LogP contribution is 2.32. The number of hydrogen-bond donors (Lipinski definition) is 0. The van der Waals surface area contributed by atoms with Crippen LogP contribution in [0.4, 0.5) is 0 Å². The molecule has 0 fully saturated rings. The molecule has 92 valence electrons. The molecule has 1 heterocycles. The minimum atomic E-state index is 0.603. The number of fused-ring (bicyclic) bond motifs is 1. The van der Waals surface area contributed by atoms with Crippen molar-refractivity contribution in [3.63, 3.8) is 0 Å². The molecule has 0 aliphatic rings. The topological polar surface area (TPSA) is 30.0 Å². The van der Waals surface area contributed by atoms with Crippen molar-refractivity contribution in [2.24, 2.45) is 0 Å².